The van der Waals surface area contributed by atoms with Crippen LogP contribution >= 0.6 is 0 Å². The molecule has 29 heavy (non-hydrogen) atoms. The van der Waals surface area contributed by atoms with Crippen molar-refractivity contribution in [2.75, 3.05) is 53.0 Å². The van der Waals surface area contributed by atoms with Gasteiger partial charge in [0.15, 0.2) is 5.96 Å². The van der Waals surface area contributed by atoms with Crippen LogP contribution in [0.25, 0.3) is 0 Å². The van der Waals surface area contributed by atoms with E-state index in [0.717, 1.165) is 44.6 Å². The third-order valence-electron chi connectivity index (χ3n) is 5.01. The highest BCUT2D eigenvalue weighted by molar-refractivity contribution is 5.79. The molecule has 0 aliphatic carbocycles. The van der Waals surface area contributed by atoms with Crippen molar-refractivity contribution in [3.8, 4) is 5.75 Å². The zero-order valence-electron chi connectivity index (χ0n) is 17.4. The minimum Gasteiger partial charge on any atom is -0.492 e. The van der Waals surface area contributed by atoms with Crippen molar-refractivity contribution in [1.29, 1.82) is 0 Å². The van der Waals surface area contributed by atoms with Crippen LogP contribution in [-0.4, -0.2) is 63.9 Å². The first-order valence-electron chi connectivity index (χ1n) is 10.3. The van der Waals surface area contributed by atoms with Gasteiger partial charge in [0.05, 0.1) is 25.8 Å². The Balaban J connectivity index is 1.52. The van der Waals surface area contributed by atoms with Crippen molar-refractivity contribution in [1.82, 2.24) is 15.5 Å². The van der Waals surface area contributed by atoms with E-state index in [4.69, 9.17) is 9.47 Å². The van der Waals surface area contributed by atoms with E-state index in [1.807, 2.05) is 30.3 Å². The molecule has 1 atom stereocenters. The summed E-state index contributed by atoms with van der Waals surface area (Å²) in [5.74, 6) is 1.66. The number of para-hydroxylation sites is 1. The van der Waals surface area contributed by atoms with Gasteiger partial charge in [-0.1, -0.05) is 48.0 Å². The van der Waals surface area contributed by atoms with Gasteiger partial charge in [0.25, 0.3) is 0 Å². The Morgan fingerprint density at radius 1 is 1.10 bits per heavy atom. The fourth-order valence-corrected chi connectivity index (χ4v) is 3.49. The first kappa shape index (κ1) is 21.1. The molecule has 156 valence electrons. The molecule has 1 fully saturated rings. The van der Waals surface area contributed by atoms with E-state index in [-0.39, 0.29) is 6.04 Å². The van der Waals surface area contributed by atoms with Crippen LogP contribution in [0.4, 0.5) is 0 Å². The summed E-state index contributed by atoms with van der Waals surface area (Å²) in [5, 5.41) is 6.82. The van der Waals surface area contributed by atoms with Crippen LogP contribution in [-0.2, 0) is 4.74 Å². The number of hydrogen-bond donors (Lipinski definition) is 2. The van der Waals surface area contributed by atoms with Crippen molar-refractivity contribution in [3.05, 3.63) is 65.7 Å². The summed E-state index contributed by atoms with van der Waals surface area (Å²) in [6, 6.07) is 18.9. The Morgan fingerprint density at radius 2 is 1.90 bits per heavy atom. The van der Waals surface area contributed by atoms with Crippen molar-refractivity contribution in [2.45, 2.75) is 13.0 Å². The monoisotopic (exact) mass is 396 g/mol. The zero-order valence-corrected chi connectivity index (χ0v) is 17.4. The highest BCUT2D eigenvalue weighted by atomic mass is 16.5. The summed E-state index contributed by atoms with van der Waals surface area (Å²) in [7, 11) is 1.80. The summed E-state index contributed by atoms with van der Waals surface area (Å²) in [4.78, 5) is 6.84. The Hall–Kier alpha value is -2.57. The molecular weight excluding hydrogens is 364 g/mol. The van der Waals surface area contributed by atoms with E-state index in [2.05, 4.69) is 51.7 Å². The molecule has 2 aromatic rings. The van der Waals surface area contributed by atoms with Gasteiger partial charge < -0.3 is 20.1 Å². The topological polar surface area (TPSA) is 58.1 Å². The van der Waals surface area contributed by atoms with Gasteiger partial charge in [-0.3, -0.25) is 9.89 Å². The fourth-order valence-electron chi connectivity index (χ4n) is 3.49. The van der Waals surface area contributed by atoms with Crippen molar-refractivity contribution < 1.29 is 9.47 Å². The molecule has 1 saturated heterocycles. The van der Waals surface area contributed by atoms with Gasteiger partial charge >= 0.3 is 0 Å². The van der Waals surface area contributed by atoms with Crippen LogP contribution < -0.4 is 15.4 Å². The number of nitrogens with one attached hydrogen (secondary N) is 2. The molecule has 0 saturated carbocycles. The molecule has 0 radical (unpaired) electrons. The average Bonchev–Trinajstić information content (AvgIpc) is 2.77. The van der Waals surface area contributed by atoms with E-state index in [0.29, 0.717) is 13.2 Å². The zero-order chi connectivity index (χ0) is 20.3. The highest BCUT2D eigenvalue weighted by Gasteiger charge is 2.23. The number of ether oxygens (including phenoxy) is 2. The third-order valence-corrected chi connectivity index (χ3v) is 5.01. The number of nitrogens with zero attached hydrogens (tertiary/aromatic N) is 2. The first-order valence-corrected chi connectivity index (χ1v) is 10.3. The third kappa shape index (κ3) is 6.76. The smallest absolute Gasteiger partial charge is 0.191 e. The number of aryl methyl sites for hydroxylation is 1. The predicted octanol–water partition coefficient (Wildman–Crippen LogP) is 2.61. The fraction of sp³-hybridized carbons (Fsp3) is 0.435. The second-order valence-electron chi connectivity index (χ2n) is 7.12. The maximum absolute atomic E-state index is 5.74. The number of rotatable bonds is 8. The summed E-state index contributed by atoms with van der Waals surface area (Å²) in [6.07, 6.45) is 0. The SMILES string of the molecule is CN=C(NCCOc1ccccc1)NCC(c1cccc(C)c1)N1CCOCC1. The normalized spacial score (nSPS) is 16.3. The van der Waals surface area contributed by atoms with E-state index in [1.54, 1.807) is 7.05 Å². The molecule has 2 aromatic carbocycles. The van der Waals surface area contributed by atoms with Crippen LogP contribution in [0.1, 0.15) is 17.2 Å². The van der Waals surface area contributed by atoms with Gasteiger partial charge in [-0.05, 0) is 24.6 Å². The van der Waals surface area contributed by atoms with Gasteiger partial charge in [-0.2, -0.15) is 0 Å². The Kier molecular flexibility index (Phi) is 8.34. The lowest BCUT2D eigenvalue weighted by Crippen LogP contribution is -2.46. The van der Waals surface area contributed by atoms with E-state index >= 15 is 0 Å². The molecule has 6 nitrogen and oxygen atoms in total. The Bertz CT molecular complexity index is 760. The number of morpholine rings is 1. The van der Waals surface area contributed by atoms with Crippen LogP contribution in [0, 0.1) is 6.92 Å². The van der Waals surface area contributed by atoms with Crippen LogP contribution in [0.2, 0.25) is 0 Å². The Morgan fingerprint density at radius 3 is 2.62 bits per heavy atom. The molecule has 6 heteroatoms. The second-order valence-corrected chi connectivity index (χ2v) is 7.12. The van der Waals surface area contributed by atoms with Crippen LogP contribution in [0.3, 0.4) is 0 Å². The Labute approximate surface area is 173 Å². The molecule has 0 spiro atoms. The number of hydrogen-bond acceptors (Lipinski definition) is 4. The highest BCUT2D eigenvalue weighted by Crippen LogP contribution is 2.22. The average molecular weight is 397 g/mol. The van der Waals surface area contributed by atoms with Crippen molar-refractivity contribution >= 4 is 5.96 Å². The van der Waals surface area contributed by atoms with Crippen LogP contribution in [0.5, 0.6) is 5.75 Å². The van der Waals surface area contributed by atoms with Gasteiger partial charge in [-0.25, -0.2) is 0 Å². The minimum absolute atomic E-state index is 0.276. The van der Waals surface area contributed by atoms with E-state index in [9.17, 15) is 0 Å². The molecule has 1 aliphatic heterocycles. The number of aliphatic imine (C=N–C) groups is 1. The van der Waals surface area contributed by atoms with E-state index < -0.39 is 0 Å². The molecule has 2 N–H and O–H groups in total. The van der Waals surface area contributed by atoms with Crippen LogP contribution in [0.15, 0.2) is 59.6 Å². The van der Waals surface area contributed by atoms with Gasteiger partial charge in [0.1, 0.15) is 12.4 Å². The molecule has 1 unspecified atom stereocenters. The molecule has 0 amide bonds. The second kappa shape index (κ2) is 11.4. The first-order chi connectivity index (χ1) is 14.3. The summed E-state index contributed by atoms with van der Waals surface area (Å²) < 4.78 is 11.3. The van der Waals surface area contributed by atoms with Gasteiger partial charge in [-0.15, -0.1) is 0 Å². The maximum Gasteiger partial charge on any atom is 0.191 e. The largest absolute Gasteiger partial charge is 0.492 e. The van der Waals surface area contributed by atoms with Gasteiger partial charge in [0.2, 0.25) is 0 Å². The lowest BCUT2D eigenvalue weighted by atomic mass is 10.0. The molecule has 3 rings (SSSR count). The maximum atomic E-state index is 5.74. The summed E-state index contributed by atoms with van der Waals surface area (Å²) >= 11 is 0. The van der Waals surface area contributed by atoms with Crippen molar-refractivity contribution in [2.24, 2.45) is 4.99 Å². The van der Waals surface area contributed by atoms with Gasteiger partial charge in [0, 0.05) is 26.7 Å². The quantitative estimate of drug-likeness (QED) is 0.408. The lowest BCUT2D eigenvalue weighted by Gasteiger charge is -2.35. The molecule has 0 bridgehead atoms. The molecule has 0 aromatic heterocycles. The molecular formula is C23H32N4O2. The summed E-state index contributed by atoms with van der Waals surface area (Å²) in [5.41, 5.74) is 2.60. The summed E-state index contributed by atoms with van der Waals surface area (Å²) in [6.45, 7) is 7.63. The van der Waals surface area contributed by atoms with E-state index in [1.165, 1.54) is 11.1 Å². The minimum atomic E-state index is 0.276. The molecule has 1 aliphatic rings. The van der Waals surface area contributed by atoms with Crippen molar-refractivity contribution in [3.63, 3.8) is 0 Å². The predicted molar refractivity (Wildman–Crippen MR) is 118 cm³/mol. The number of guanidine groups is 1. The number of benzene rings is 2. The molecule has 1 heterocycles. The lowest BCUT2D eigenvalue weighted by molar-refractivity contribution is 0.0170. The standard InChI is InChI=1S/C23H32N4O2/c1-19-7-6-8-20(17-19)22(27-12-15-28-16-13-27)18-26-23(24-2)25-11-14-29-21-9-4-3-5-10-21/h3-10,17,22H,11-16,18H2,1-2H3,(H2,24,25,26).